The number of nitrogens with one attached hydrogen (secondary N) is 1. The summed E-state index contributed by atoms with van der Waals surface area (Å²) in [5.41, 5.74) is 4.06. The van der Waals surface area contributed by atoms with Crippen molar-refractivity contribution in [1.29, 1.82) is 0 Å². The number of hydrogen-bond donors (Lipinski definition) is 1. The fourth-order valence-electron chi connectivity index (χ4n) is 4.38. The lowest BCUT2D eigenvalue weighted by atomic mass is 9.90. The second kappa shape index (κ2) is 7.24. The van der Waals surface area contributed by atoms with E-state index in [0.29, 0.717) is 19.0 Å². The molecule has 2 fully saturated rings. The third-order valence-corrected chi connectivity index (χ3v) is 5.77. The van der Waals surface area contributed by atoms with E-state index >= 15 is 0 Å². The average molecular weight is 328 g/mol. The Morgan fingerprint density at radius 1 is 1.21 bits per heavy atom. The van der Waals surface area contributed by atoms with Gasteiger partial charge in [0.25, 0.3) is 0 Å². The zero-order valence-corrected chi connectivity index (χ0v) is 14.4. The molecule has 0 spiro atoms. The van der Waals surface area contributed by atoms with Crippen LogP contribution in [-0.4, -0.2) is 49.2 Å². The van der Waals surface area contributed by atoms with E-state index in [-0.39, 0.29) is 12.0 Å². The van der Waals surface area contributed by atoms with Crippen LogP contribution in [0.1, 0.15) is 42.4 Å². The molecule has 1 N–H and O–H groups in total. The third kappa shape index (κ3) is 3.65. The molecule has 0 bridgehead atoms. The van der Waals surface area contributed by atoms with Crippen LogP contribution >= 0.6 is 0 Å². The molecular weight excluding hydrogens is 300 g/mol. The van der Waals surface area contributed by atoms with E-state index < -0.39 is 0 Å². The summed E-state index contributed by atoms with van der Waals surface area (Å²) in [5, 5.41) is 3.07. The van der Waals surface area contributed by atoms with Crippen molar-refractivity contribution in [3.8, 4) is 0 Å². The molecule has 3 aliphatic rings. The molecule has 1 aromatic rings. The molecule has 2 saturated heterocycles. The number of benzene rings is 1. The number of aryl methyl sites for hydroxylation is 2. The Labute approximate surface area is 144 Å². The fourth-order valence-corrected chi connectivity index (χ4v) is 4.38. The lowest BCUT2D eigenvalue weighted by Crippen LogP contribution is -2.50. The van der Waals surface area contributed by atoms with Gasteiger partial charge in [0.1, 0.15) is 0 Å². The number of morpholine rings is 1. The number of carbonyl (C=O) groups is 1. The Morgan fingerprint density at radius 2 is 2.08 bits per heavy atom. The topological polar surface area (TPSA) is 41.6 Å². The van der Waals surface area contributed by atoms with Crippen molar-refractivity contribution >= 4 is 5.91 Å². The Morgan fingerprint density at radius 3 is 3.00 bits per heavy atom. The van der Waals surface area contributed by atoms with E-state index in [2.05, 4.69) is 28.4 Å². The normalized spacial score (nSPS) is 26.7. The number of ether oxygens (including phenoxy) is 1. The Balaban J connectivity index is 1.26. The van der Waals surface area contributed by atoms with E-state index in [4.69, 9.17) is 4.74 Å². The summed E-state index contributed by atoms with van der Waals surface area (Å²) in [4.78, 5) is 14.8. The van der Waals surface area contributed by atoms with Crippen LogP contribution in [0.5, 0.6) is 0 Å². The van der Waals surface area contributed by atoms with E-state index in [1.807, 2.05) is 0 Å². The number of carbonyl (C=O) groups excluding carboxylic acids is 1. The molecule has 0 aromatic heterocycles. The van der Waals surface area contributed by atoms with Crippen LogP contribution < -0.4 is 5.32 Å². The molecule has 0 unspecified atom stereocenters. The van der Waals surface area contributed by atoms with Gasteiger partial charge >= 0.3 is 0 Å². The molecule has 24 heavy (non-hydrogen) atoms. The van der Waals surface area contributed by atoms with Crippen molar-refractivity contribution in [2.24, 2.45) is 0 Å². The van der Waals surface area contributed by atoms with Gasteiger partial charge in [-0.15, -0.1) is 0 Å². The highest BCUT2D eigenvalue weighted by atomic mass is 16.5. The molecule has 1 amide bonds. The number of hydrogen-bond acceptors (Lipinski definition) is 3. The molecule has 1 aliphatic carbocycles. The number of fused-ring (bicyclic) bond motifs is 2. The molecule has 0 radical (unpaired) electrons. The van der Waals surface area contributed by atoms with Crippen molar-refractivity contribution in [1.82, 2.24) is 10.2 Å². The Hall–Kier alpha value is -1.39. The summed E-state index contributed by atoms with van der Waals surface area (Å²) in [5.74, 6) is 0.109. The minimum Gasteiger partial charge on any atom is -0.373 e. The number of nitrogens with zero attached hydrogens (tertiary/aromatic N) is 1. The molecule has 4 rings (SSSR count). The summed E-state index contributed by atoms with van der Waals surface area (Å²) in [6.45, 7) is 3.61. The summed E-state index contributed by atoms with van der Waals surface area (Å²) in [6.07, 6.45) is 8.10. The predicted octanol–water partition coefficient (Wildman–Crippen LogP) is 2.09. The van der Waals surface area contributed by atoms with Crippen LogP contribution in [0.2, 0.25) is 0 Å². The quantitative estimate of drug-likeness (QED) is 0.920. The zero-order valence-electron chi connectivity index (χ0n) is 14.4. The average Bonchev–Trinajstić information content (AvgIpc) is 3.07. The van der Waals surface area contributed by atoms with Gasteiger partial charge in [-0.3, -0.25) is 9.69 Å². The van der Waals surface area contributed by atoms with Gasteiger partial charge in [-0.2, -0.15) is 0 Å². The van der Waals surface area contributed by atoms with Gasteiger partial charge in [-0.05, 0) is 61.8 Å². The second-order valence-electron chi connectivity index (χ2n) is 7.54. The van der Waals surface area contributed by atoms with Crippen molar-refractivity contribution in [2.45, 2.75) is 57.1 Å². The lowest BCUT2D eigenvalue weighted by molar-refractivity contribution is -0.121. The monoisotopic (exact) mass is 328 g/mol. The second-order valence-corrected chi connectivity index (χ2v) is 7.54. The number of amides is 1. The van der Waals surface area contributed by atoms with Crippen LogP contribution in [0, 0.1) is 0 Å². The van der Waals surface area contributed by atoms with Crippen LogP contribution in [0.25, 0.3) is 0 Å². The maximum Gasteiger partial charge on any atom is 0.224 e. The predicted molar refractivity (Wildman–Crippen MR) is 94.1 cm³/mol. The van der Waals surface area contributed by atoms with Gasteiger partial charge in [0.05, 0.1) is 19.1 Å². The molecule has 4 heteroatoms. The van der Waals surface area contributed by atoms with Gasteiger partial charge in [-0.25, -0.2) is 0 Å². The summed E-state index contributed by atoms with van der Waals surface area (Å²) >= 11 is 0. The van der Waals surface area contributed by atoms with Gasteiger partial charge < -0.3 is 10.1 Å². The van der Waals surface area contributed by atoms with Gasteiger partial charge in [0, 0.05) is 19.1 Å². The van der Waals surface area contributed by atoms with Crippen LogP contribution in [0.4, 0.5) is 0 Å². The van der Waals surface area contributed by atoms with E-state index in [9.17, 15) is 4.79 Å². The van der Waals surface area contributed by atoms with Gasteiger partial charge in [0.2, 0.25) is 5.91 Å². The summed E-state index contributed by atoms with van der Waals surface area (Å²) < 4.78 is 5.91. The lowest BCUT2D eigenvalue weighted by Gasteiger charge is -2.35. The summed E-state index contributed by atoms with van der Waals surface area (Å²) in [7, 11) is 0. The fraction of sp³-hybridized carbons (Fsp3) is 0.650. The van der Waals surface area contributed by atoms with Crippen LogP contribution in [-0.2, 0) is 28.8 Å². The highest BCUT2D eigenvalue weighted by Crippen LogP contribution is 2.23. The highest BCUT2D eigenvalue weighted by molar-refractivity contribution is 5.78. The van der Waals surface area contributed by atoms with Crippen molar-refractivity contribution < 1.29 is 9.53 Å². The molecule has 1 aromatic carbocycles. The standard InChI is InChI=1S/C20H28N2O2/c23-20(11-15-7-8-16-4-1-2-5-17(16)10-15)21-12-19-13-22-9-3-6-18(22)14-24-19/h7-8,10,18-19H,1-6,9,11-14H2,(H,21,23)/t18-,19-/m0/s1. The molecule has 2 aliphatic heterocycles. The van der Waals surface area contributed by atoms with Crippen molar-refractivity contribution in [3.05, 3.63) is 34.9 Å². The van der Waals surface area contributed by atoms with Crippen molar-refractivity contribution in [3.63, 3.8) is 0 Å². The van der Waals surface area contributed by atoms with Crippen LogP contribution in [0.3, 0.4) is 0 Å². The molecule has 0 saturated carbocycles. The maximum absolute atomic E-state index is 12.3. The maximum atomic E-state index is 12.3. The number of rotatable bonds is 4. The molecule has 130 valence electrons. The minimum absolute atomic E-state index is 0.109. The first-order chi connectivity index (χ1) is 11.8. The largest absolute Gasteiger partial charge is 0.373 e. The first-order valence-corrected chi connectivity index (χ1v) is 9.51. The van der Waals surface area contributed by atoms with Crippen molar-refractivity contribution in [2.75, 3.05) is 26.2 Å². The molecule has 2 heterocycles. The Bertz CT molecular complexity index is 601. The van der Waals surface area contributed by atoms with Gasteiger partial charge in [0.15, 0.2) is 0 Å². The molecule has 2 atom stereocenters. The molecule has 4 nitrogen and oxygen atoms in total. The zero-order chi connectivity index (χ0) is 16.4. The highest BCUT2D eigenvalue weighted by Gasteiger charge is 2.32. The smallest absolute Gasteiger partial charge is 0.224 e. The first kappa shape index (κ1) is 16.1. The third-order valence-electron chi connectivity index (χ3n) is 5.77. The molecular formula is C20H28N2O2. The summed E-state index contributed by atoms with van der Waals surface area (Å²) in [6, 6.07) is 7.19. The van der Waals surface area contributed by atoms with E-state index in [1.165, 1.54) is 49.8 Å². The minimum atomic E-state index is 0.109. The Kier molecular flexibility index (Phi) is 4.86. The van der Waals surface area contributed by atoms with Crippen LogP contribution in [0.15, 0.2) is 18.2 Å². The van der Waals surface area contributed by atoms with E-state index in [0.717, 1.165) is 25.1 Å². The SMILES string of the molecule is O=C(Cc1ccc2c(c1)CCCC2)NC[C@H]1CN2CCC[C@H]2CO1. The first-order valence-electron chi connectivity index (χ1n) is 9.51. The van der Waals surface area contributed by atoms with E-state index in [1.54, 1.807) is 0 Å². The van der Waals surface area contributed by atoms with Gasteiger partial charge in [-0.1, -0.05) is 18.2 Å².